The molecule has 0 unspecified atom stereocenters. The average Bonchev–Trinajstić information content (AvgIpc) is 2.25. The van der Waals surface area contributed by atoms with Crippen LogP contribution in [-0.4, -0.2) is 23.3 Å². The number of halogens is 1. The highest BCUT2D eigenvalue weighted by Gasteiger charge is 2.16. The van der Waals surface area contributed by atoms with Gasteiger partial charge in [0.05, 0.1) is 15.5 Å². The van der Waals surface area contributed by atoms with E-state index >= 15 is 0 Å². The molecule has 0 aliphatic carbocycles. The van der Waals surface area contributed by atoms with Crippen LogP contribution in [0.3, 0.4) is 0 Å². The number of nitro groups is 1. The molecule has 1 aromatic carbocycles. The normalized spacial score (nSPS) is 9.76. The van der Waals surface area contributed by atoms with E-state index in [-0.39, 0.29) is 28.7 Å². The van der Waals surface area contributed by atoms with E-state index in [0.717, 1.165) is 12.1 Å². The highest BCUT2D eigenvalue weighted by molar-refractivity contribution is 6.33. The predicted molar refractivity (Wildman–Crippen MR) is 59.1 cm³/mol. The quantitative estimate of drug-likeness (QED) is 0.468. The lowest BCUT2D eigenvalue weighted by atomic mass is 10.2. The van der Waals surface area contributed by atoms with Crippen LogP contribution in [0.1, 0.15) is 17.3 Å². The summed E-state index contributed by atoms with van der Waals surface area (Å²) in [5.41, 5.74) is -0.239. The molecule has 0 aromatic heterocycles. The number of carbonyl (C=O) groups excluding carboxylic acids is 2. The van der Waals surface area contributed by atoms with Gasteiger partial charge in [-0.2, -0.15) is 0 Å². The smallest absolute Gasteiger partial charge is 0.340 e. The number of Topliss-reactive ketones (excluding diaryl/α,β-unsaturated/α-hetero) is 1. The number of ketones is 1. The van der Waals surface area contributed by atoms with Crippen molar-refractivity contribution in [3.8, 4) is 0 Å². The van der Waals surface area contributed by atoms with Crippen molar-refractivity contribution in [2.45, 2.75) is 6.92 Å². The summed E-state index contributed by atoms with van der Waals surface area (Å²) in [6, 6.07) is 3.37. The van der Waals surface area contributed by atoms with Gasteiger partial charge in [-0.15, -0.1) is 0 Å². The molecule has 7 heteroatoms. The molecule has 0 aliphatic rings. The predicted octanol–water partition coefficient (Wildman–Crippen LogP) is 1.99. The number of non-ortho nitro benzene ring substituents is 1. The van der Waals surface area contributed by atoms with Crippen LogP contribution in [0.25, 0.3) is 0 Å². The lowest BCUT2D eigenvalue weighted by Crippen LogP contribution is -2.11. The Morgan fingerprint density at radius 3 is 2.59 bits per heavy atom. The van der Waals surface area contributed by atoms with Gasteiger partial charge in [0.25, 0.3) is 5.69 Å². The Balaban J connectivity index is 2.88. The van der Waals surface area contributed by atoms with Gasteiger partial charge < -0.3 is 4.74 Å². The molecule has 17 heavy (non-hydrogen) atoms. The zero-order chi connectivity index (χ0) is 13.0. The third-order valence-corrected chi connectivity index (χ3v) is 2.10. The van der Waals surface area contributed by atoms with Crippen LogP contribution in [0.2, 0.25) is 5.02 Å². The van der Waals surface area contributed by atoms with Crippen molar-refractivity contribution < 1.29 is 19.2 Å². The third kappa shape index (κ3) is 3.53. The van der Waals surface area contributed by atoms with Gasteiger partial charge in [0.2, 0.25) is 0 Å². The molecule has 1 rings (SSSR count). The lowest BCUT2D eigenvalue weighted by Gasteiger charge is -2.04. The summed E-state index contributed by atoms with van der Waals surface area (Å²) in [5.74, 6) is -1.10. The largest absolute Gasteiger partial charge is 0.454 e. The molecule has 0 heterocycles. The van der Waals surface area contributed by atoms with Crippen LogP contribution in [0.15, 0.2) is 18.2 Å². The molecule has 0 saturated heterocycles. The maximum Gasteiger partial charge on any atom is 0.340 e. The van der Waals surface area contributed by atoms with Gasteiger partial charge in [-0.25, -0.2) is 4.79 Å². The first-order valence-electron chi connectivity index (χ1n) is 4.52. The van der Waals surface area contributed by atoms with Gasteiger partial charge in [-0.3, -0.25) is 14.9 Å². The minimum Gasteiger partial charge on any atom is -0.454 e. The molecule has 0 aliphatic heterocycles. The summed E-state index contributed by atoms with van der Waals surface area (Å²) in [4.78, 5) is 31.8. The van der Waals surface area contributed by atoms with Crippen molar-refractivity contribution in [2.24, 2.45) is 0 Å². The molecule has 1 aromatic rings. The van der Waals surface area contributed by atoms with Gasteiger partial charge in [0, 0.05) is 12.1 Å². The molecular weight excluding hydrogens is 250 g/mol. The van der Waals surface area contributed by atoms with Gasteiger partial charge in [-0.1, -0.05) is 11.6 Å². The summed E-state index contributed by atoms with van der Waals surface area (Å²) >= 11 is 5.69. The van der Waals surface area contributed by atoms with Gasteiger partial charge in [-0.05, 0) is 13.0 Å². The first-order valence-corrected chi connectivity index (χ1v) is 4.90. The molecule has 0 spiro atoms. The average molecular weight is 258 g/mol. The first-order chi connectivity index (χ1) is 7.91. The Kier molecular flexibility index (Phi) is 4.17. The summed E-state index contributed by atoms with van der Waals surface area (Å²) < 4.78 is 4.63. The van der Waals surface area contributed by atoms with E-state index in [0.29, 0.717) is 0 Å². The van der Waals surface area contributed by atoms with E-state index in [1.54, 1.807) is 0 Å². The second-order valence-electron chi connectivity index (χ2n) is 3.20. The van der Waals surface area contributed by atoms with E-state index in [4.69, 9.17) is 11.6 Å². The van der Waals surface area contributed by atoms with Crippen molar-refractivity contribution in [1.29, 1.82) is 0 Å². The molecule has 0 bridgehead atoms. The molecule has 90 valence electrons. The van der Waals surface area contributed by atoms with Gasteiger partial charge >= 0.3 is 5.97 Å². The number of hydrogen-bond donors (Lipinski definition) is 0. The molecule has 0 radical (unpaired) electrons. The lowest BCUT2D eigenvalue weighted by molar-refractivity contribution is -0.384. The molecular formula is C10H8ClNO5. The Hall–Kier alpha value is -1.95. The van der Waals surface area contributed by atoms with Crippen molar-refractivity contribution in [3.63, 3.8) is 0 Å². The van der Waals surface area contributed by atoms with Gasteiger partial charge in [0.15, 0.2) is 5.78 Å². The fourth-order valence-corrected chi connectivity index (χ4v) is 1.28. The number of benzene rings is 1. The molecule has 6 nitrogen and oxygen atoms in total. The van der Waals surface area contributed by atoms with E-state index in [9.17, 15) is 19.7 Å². The number of nitrogens with zero attached hydrogens (tertiary/aromatic N) is 1. The van der Waals surface area contributed by atoms with Crippen molar-refractivity contribution in [3.05, 3.63) is 38.9 Å². The van der Waals surface area contributed by atoms with Crippen molar-refractivity contribution in [2.75, 3.05) is 6.61 Å². The van der Waals surface area contributed by atoms with Crippen LogP contribution < -0.4 is 0 Å². The van der Waals surface area contributed by atoms with Gasteiger partial charge in [0.1, 0.15) is 6.61 Å². The van der Waals surface area contributed by atoms with E-state index in [1.165, 1.54) is 13.0 Å². The standard InChI is InChI=1S/C10H8ClNO5/c1-6(13)5-17-10(14)8-3-2-7(12(15)16)4-9(8)11/h2-4H,5H2,1H3. The van der Waals surface area contributed by atoms with E-state index in [2.05, 4.69) is 4.74 Å². The molecule has 0 amide bonds. The second kappa shape index (κ2) is 5.40. The fraction of sp³-hybridized carbons (Fsp3) is 0.200. The van der Waals surface area contributed by atoms with Crippen molar-refractivity contribution >= 4 is 29.0 Å². The maximum atomic E-state index is 11.4. The number of nitro benzene ring substituents is 1. The van der Waals surface area contributed by atoms with Crippen LogP contribution in [0.4, 0.5) is 5.69 Å². The Bertz CT molecular complexity index is 486. The maximum absolute atomic E-state index is 11.4. The topological polar surface area (TPSA) is 86.5 Å². The van der Waals surface area contributed by atoms with Crippen molar-refractivity contribution in [1.82, 2.24) is 0 Å². The summed E-state index contributed by atoms with van der Waals surface area (Å²) in [7, 11) is 0. The Labute approximate surface area is 101 Å². The zero-order valence-electron chi connectivity index (χ0n) is 8.81. The number of ether oxygens (including phenoxy) is 1. The van der Waals surface area contributed by atoms with E-state index in [1.807, 2.05) is 0 Å². The fourth-order valence-electron chi connectivity index (χ4n) is 1.03. The van der Waals surface area contributed by atoms with Crippen LogP contribution >= 0.6 is 11.6 Å². The summed E-state index contributed by atoms with van der Waals surface area (Å²) in [5, 5.41) is 10.3. The highest BCUT2D eigenvalue weighted by atomic mass is 35.5. The number of carbonyl (C=O) groups is 2. The summed E-state index contributed by atoms with van der Waals surface area (Å²) in [6.45, 7) is 0.914. The third-order valence-electron chi connectivity index (χ3n) is 1.79. The summed E-state index contributed by atoms with van der Waals surface area (Å²) in [6.07, 6.45) is 0. The van der Waals surface area contributed by atoms with Crippen LogP contribution in [0.5, 0.6) is 0 Å². The monoisotopic (exact) mass is 257 g/mol. The molecule has 0 fully saturated rings. The Morgan fingerprint density at radius 1 is 1.47 bits per heavy atom. The minimum absolute atomic E-state index is 0.0153. The first kappa shape index (κ1) is 13.1. The highest BCUT2D eigenvalue weighted by Crippen LogP contribution is 2.22. The zero-order valence-corrected chi connectivity index (χ0v) is 9.56. The second-order valence-corrected chi connectivity index (χ2v) is 3.61. The SMILES string of the molecule is CC(=O)COC(=O)c1ccc([N+](=O)[O-])cc1Cl. The minimum atomic E-state index is -0.792. The van der Waals surface area contributed by atoms with Crippen LogP contribution in [0, 0.1) is 10.1 Å². The molecule has 0 atom stereocenters. The number of esters is 1. The molecule has 0 saturated carbocycles. The Morgan fingerprint density at radius 2 is 2.12 bits per heavy atom. The number of rotatable bonds is 4. The molecule has 0 N–H and O–H groups in total. The van der Waals surface area contributed by atoms with E-state index < -0.39 is 10.9 Å². The van der Waals surface area contributed by atoms with Crippen LogP contribution in [-0.2, 0) is 9.53 Å². The number of hydrogen-bond acceptors (Lipinski definition) is 5.